The smallest absolute Gasteiger partial charge is 0.340 e. The van der Waals surface area contributed by atoms with Crippen molar-refractivity contribution in [3.05, 3.63) is 56.2 Å². The summed E-state index contributed by atoms with van der Waals surface area (Å²) in [5.41, 5.74) is 6.71. The minimum Gasteiger partial charge on any atom is -0.456 e. The number of aromatic nitrogens is 1. The standard InChI is InChI=1S/C13H9BrCl2N2O2/c14-7-1-2-9(18-5-7)6-20-13(19)10-3-8(17)4-11(15)12(10)16/h1-5H,6,17H2. The van der Waals surface area contributed by atoms with Crippen molar-refractivity contribution < 1.29 is 9.53 Å². The second kappa shape index (κ2) is 6.43. The maximum atomic E-state index is 12.0. The van der Waals surface area contributed by atoms with Crippen molar-refractivity contribution in [3.8, 4) is 0 Å². The van der Waals surface area contributed by atoms with Gasteiger partial charge in [0.05, 0.1) is 21.3 Å². The molecule has 20 heavy (non-hydrogen) atoms. The first kappa shape index (κ1) is 15.1. The van der Waals surface area contributed by atoms with Gasteiger partial charge in [0, 0.05) is 16.4 Å². The molecule has 0 aliphatic heterocycles. The summed E-state index contributed by atoms with van der Waals surface area (Å²) in [5, 5.41) is 0.329. The van der Waals surface area contributed by atoms with Crippen LogP contribution in [0.1, 0.15) is 16.1 Å². The molecule has 1 aromatic carbocycles. The van der Waals surface area contributed by atoms with Crippen LogP contribution >= 0.6 is 39.1 Å². The first-order valence-corrected chi connectivity index (χ1v) is 7.04. The fourth-order valence-corrected chi connectivity index (χ4v) is 2.12. The van der Waals surface area contributed by atoms with Crippen LogP contribution in [0.4, 0.5) is 5.69 Å². The van der Waals surface area contributed by atoms with Gasteiger partial charge in [-0.1, -0.05) is 23.2 Å². The molecule has 0 saturated heterocycles. The lowest BCUT2D eigenvalue weighted by Gasteiger charge is -2.08. The minimum absolute atomic E-state index is 0.0366. The van der Waals surface area contributed by atoms with Gasteiger partial charge < -0.3 is 10.5 Å². The monoisotopic (exact) mass is 374 g/mol. The van der Waals surface area contributed by atoms with Crippen molar-refractivity contribution in [1.29, 1.82) is 0 Å². The largest absolute Gasteiger partial charge is 0.456 e. The molecule has 0 unspecified atom stereocenters. The number of anilines is 1. The van der Waals surface area contributed by atoms with Crippen molar-refractivity contribution in [2.75, 3.05) is 5.73 Å². The lowest BCUT2D eigenvalue weighted by molar-refractivity contribution is 0.0468. The summed E-state index contributed by atoms with van der Waals surface area (Å²) in [6, 6.07) is 6.44. The van der Waals surface area contributed by atoms with Gasteiger partial charge in [0.1, 0.15) is 6.61 Å². The molecular weight excluding hydrogens is 367 g/mol. The normalized spacial score (nSPS) is 10.3. The van der Waals surface area contributed by atoms with Gasteiger partial charge in [-0.15, -0.1) is 0 Å². The fraction of sp³-hybridized carbons (Fsp3) is 0.0769. The highest BCUT2D eigenvalue weighted by atomic mass is 79.9. The molecule has 0 radical (unpaired) electrons. The van der Waals surface area contributed by atoms with Crippen LogP contribution in [0.15, 0.2) is 34.9 Å². The number of nitrogen functional groups attached to an aromatic ring is 1. The molecule has 0 atom stereocenters. The van der Waals surface area contributed by atoms with Gasteiger partial charge in [-0.3, -0.25) is 4.98 Å². The molecule has 1 heterocycles. The van der Waals surface area contributed by atoms with Crippen LogP contribution in [0.3, 0.4) is 0 Å². The highest BCUT2D eigenvalue weighted by molar-refractivity contribution is 9.10. The summed E-state index contributed by atoms with van der Waals surface area (Å²) < 4.78 is 5.98. The maximum absolute atomic E-state index is 12.0. The summed E-state index contributed by atoms with van der Waals surface area (Å²) >= 11 is 15.1. The first-order chi connectivity index (χ1) is 9.47. The molecule has 0 spiro atoms. The number of nitrogens with zero attached hydrogens (tertiary/aromatic N) is 1. The molecule has 2 N–H and O–H groups in total. The molecule has 0 amide bonds. The first-order valence-electron chi connectivity index (χ1n) is 5.49. The highest BCUT2D eigenvalue weighted by Gasteiger charge is 2.15. The van der Waals surface area contributed by atoms with E-state index < -0.39 is 5.97 Å². The average molecular weight is 376 g/mol. The number of carbonyl (C=O) groups is 1. The topological polar surface area (TPSA) is 65.2 Å². The van der Waals surface area contributed by atoms with Crippen molar-refractivity contribution in [1.82, 2.24) is 4.98 Å². The van der Waals surface area contributed by atoms with Gasteiger partial charge in [0.25, 0.3) is 0 Å². The third-order valence-electron chi connectivity index (χ3n) is 2.41. The number of benzene rings is 1. The Hall–Kier alpha value is -1.30. The van der Waals surface area contributed by atoms with E-state index in [9.17, 15) is 4.79 Å². The Labute approximate surface area is 134 Å². The number of hydrogen-bond donors (Lipinski definition) is 1. The molecule has 4 nitrogen and oxygen atoms in total. The van der Waals surface area contributed by atoms with E-state index in [1.165, 1.54) is 12.1 Å². The summed E-state index contributed by atoms with van der Waals surface area (Å²) in [6.45, 7) is 0.0366. The van der Waals surface area contributed by atoms with Crippen LogP contribution in [0, 0.1) is 0 Å². The summed E-state index contributed by atoms with van der Waals surface area (Å²) in [6.07, 6.45) is 1.62. The molecule has 0 aliphatic carbocycles. The Balaban J connectivity index is 2.11. The number of hydrogen-bond acceptors (Lipinski definition) is 4. The fourth-order valence-electron chi connectivity index (χ4n) is 1.47. The second-order valence-corrected chi connectivity index (χ2v) is 5.61. The van der Waals surface area contributed by atoms with Crippen LogP contribution in [-0.2, 0) is 11.3 Å². The quantitative estimate of drug-likeness (QED) is 0.648. The summed E-state index contributed by atoms with van der Waals surface area (Å²) in [7, 11) is 0. The van der Waals surface area contributed by atoms with Gasteiger partial charge in [-0.25, -0.2) is 4.79 Å². The van der Waals surface area contributed by atoms with Gasteiger partial charge in [0.2, 0.25) is 0 Å². The SMILES string of the molecule is Nc1cc(Cl)c(Cl)c(C(=O)OCc2ccc(Br)cn2)c1. The molecule has 0 aliphatic rings. The lowest BCUT2D eigenvalue weighted by Crippen LogP contribution is -2.07. The molecule has 2 rings (SSSR count). The lowest BCUT2D eigenvalue weighted by atomic mass is 10.2. The number of ether oxygens (including phenoxy) is 1. The Morgan fingerprint density at radius 1 is 1.35 bits per heavy atom. The van der Waals surface area contributed by atoms with Crippen LogP contribution in [0.5, 0.6) is 0 Å². The summed E-state index contributed by atoms with van der Waals surface area (Å²) in [5.74, 6) is -0.603. The van der Waals surface area contributed by atoms with Gasteiger partial charge in [0.15, 0.2) is 0 Å². The second-order valence-electron chi connectivity index (χ2n) is 3.91. The van der Waals surface area contributed by atoms with Crippen LogP contribution in [0.25, 0.3) is 0 Å². The Morgan fingerprint density at radius 3 is 2.75 bits per heavy atom. The average Bonchev–Trinajstić information content (AvgIpc) is 2.42. The van der Waals surface area contributed by atoms with E-state index in [2.05, 4.69) is 20.9 Å². The predicted octanol–water partition coefficient (Wildman–Crippen LogP) is 4.09. The molecule has 0 fully saturated rings. The van der Waals surface area contributed by atoms with E-state index in [-0.39, 0.29) is 22.2 Å². The van der Waals surface area contributed by atoms with Crippen LogP contribution in [-0.4, -0.2) is 11.0 Å². The van der Waals surface area contributed by atoms with E-state index >= 15 is 0 Å². The maximum Gasteiger partial charge on any atom is 0.340 e. The Bertz CT molecular complexity index is 648. The Kier molecular flexibility index (Phi) is 4.86. The zero-order valence-corrected chi connectivity index (χ0v) is 13.2. The van der Waals surface area contributed by atoms with E-state index in [0.29, 0.717) is 11.4 Å². The number of esters is 1. The molecule has 104 valence electrons. The molecule has 0 bridgehead atoms. The van der Waals surface area contributed by atoms with Gasteiger partial charge in [-0.05, 0) is 40.2 Å². The Morgan fingerprint density at radius 2 is 2.10 bits per heavy atom. The number of carbonyl (C=O) groups excluding carboxylic acids is 1. The van der Waals surface area contributed by atoms with Crippen molar-refractivity contribution in [3.63, 3.8) is 0 Å². The molecular formula is C13H9BrCl2N2O2. The number of rotatable bonds is 3. The number of pyridine rings is 1. The van der Waals surface area contributed by atoms with Crippen LogP contribution in [0.2, 0.25) is 10.0 Å². The van der Waals surface area contributed by atoms with E-state index in [0.717, 1.165) is 4.47 Å². The highest BCUT2D eigenvalue weighted by Crippen LogP contribution is 2.29. The predicted molar refractivity (Wildman–Crippen MR) is 81.9 cm³/mol. The molecule has 7 heteroatoms. The molecule has 2 aromatic rings. The van der Waals surface area contributed by atoms with E-state index in [1.807, 2.05) is 0 Å². The van der Waals surface area contributed by atoms with Crippen molar-refractivity contribution in [2.24, 2.45) is 0 Å². The minimum atomic E-state index is -0.603. The number of nitrogens with two attached hydrogens (primary N) is 1. The third-order valence-corrected chi connectivity index (χ3v) is 3.68. The van der Waals surface area contributed by atoms with Gasteiger partial charge in [-0.2, -0.15) is 0 Å². The van der Waals surface area contributed by atoms with Crippen molar-refractivity contribution in [2.45, 2.75) is 6.61 Å². The zero-order chi connectivity index (χ0) is 14.7. The van der Waals surface area contributed by atoms with E-state index in [1.54, 1.807) is 18.3 Å². The number of halogens is 3. The zero-order valence-electron chi connectivity index (χ0n) is 10.1. The van der Waals surface area contributed by atoms with Gasteiger partial charge >= 0.3 is 5.97 Å². The molecule has 0 saturated carbocycles. The summed E-state index contributed by atoms with van der Waals surface area (Å²) in [4.78, 5) is 16.0. The van der Waals surface area contributed by atoms with E-state index in [4.69, 9.17) is 33.7 Å². The van der Waals surface area contributed by atoms with Crippen LogP contribution < -0.4 is 5.73 Å². The molecule has 1 aromatic heterocycles. The third kappa shape index (κ3) is 3.62. The van der Waals surface area contributed by atoms with Crippen molar-refractivity contribution >= 4 is 50.8 Å².